The van der Waals surface area contributed by atoms with E-state index in [1.807, 2.05) is 0 Å². The summed E-state index contributed by atoms with van der Waals surface area (Å²) in [7, 11) is 0. The summed E-state index contributed by atoms with van der Waals surface area (Å²) in [5.41, 5.74) is 0.610. The van der Waals surface area contributed by atoms with Gasteiger partial charge in [-0.05, 0) is 24.5 Å². The molecule has 6 nitrogen and oxygen atoms in total. The fourth-order valence-corrected chi connectivity index (χ4v) is 2.44. The van der Waals surface area contributed by atoms with Gasteiger partial charge in [-0.15, -0.1) is 0 Å². The minimum atomic E-state index is -1.07. The summed E-state index contributed by atoms with van der Waals surface area (Å²) < 4.78 is 5.41. The maximum atomic E-state index is 12.3. The summed E-state index contributed by atoms with van der Waals surface area (Å²) >= 11 is 0. The van der Waals surface area contributed by atoms with E-state index < -0.39 is 12.1 Å². The summed E-state index contributed by atoms with van der Waals surface area (Å²) in [5.74, 6) is 0.0998. The lowest BCUT2D eigenvalue weighted by molar-refractivity contribution is -0.144. The summed E-state index contributed by atoms with van der Waals surface area (Å²) in [5, 5.41) is 12.0. The van der Waals surface area contributed by atoms with Crippen molar-refractivity contribution < 1.29 is 19.4 Å². The van der Waals surface area contributed by atoms with Crippen LogP contribution in [0.2, 0.25) is 0 Å². The van der Waals surface area contributed by atoms with Crippen LogP contribution in [0.15, 0.2) is 24.3 Å². The molecule has 2 amide bonds. The van der Waals surface area contributed by atoms with Crippen LogP contribution in [0, 0.1) is 5.92 Å². The van der Waals surface area contributed by atoms with Gasteiger partial charge < -0.3 is 15.2 Å². The predicted octanol–water partition coefficient (Wildman–Crippen LogP) is 1.85. The van der Waals surface area contributed by atoms with E-state index in [0.717, 1.165) is 12.3 Å². The summed E-state index contributed by atoms with van der Waals surface area (Å²) in [4.78, 5) is 24.9. The van der Waals surface area contributed by atoms with Gasteiger partial charge in [0.05, 0.1) is 12.2 Å². The van der Waals surface area contributed by atoms with Crippen LogP contribution >= 0.6 is 0 Å². The third kappa shape index (κ3) is 3.09. The molecule has 1 aromatic carbocycles. The molecule has 21 heavy (non-hydrogen) atoms. The minimum absolute atomic E-state index is 0.0155. The van der Waals surface area contributed by atoms with Crippen molar-refractivity contribution in [3.63, 3.8) is 0 Å². The van der Waals surface area contributed by atoms with Crippen molar-refractivity contribution in [2.24, 2.45) is 5.92 Å². The van der Waals surface area contributed by atoms with Gasteiger partial charge >= 0.3 is 12.0 Å². The molecule has 6 heteroatoms. The van der Waals surface area contributed by atoms with Crippen molar-refractivity contribution in [2.75, 3.05) is 18.0 Å². The van der Waals surface area contributed by atoms with Crippen LogP contribution < -0.4 is 15.0 Å². The minimum Gasteiger partial charge on any atom is -0.478 e. The van der Waals surface area contributed by atoms with Gasteiger partial charge in [-0.2, -0.15) is 0 Å². The number of carboxylic acid groups (broad SMARTS) is 1. The predicted molar refractivity (Wildman–Crippen MR) is 76.6 cm³/mol. The first kappa shape index (κ1) is 13.7. The second kappa shape index (κ2) is 5.63. The maximum absolute atomic E-state index is 12.3. The molecule has 2 N–H and O–H groups in total. The Morgan fingerprint density at radius 1 is 1.33 bits per heavy atom. The number of nitrogens with one attached hydrogen (secondary N) is 1. The highest BCUT2D eigenvalue weighted by atomic mass is 16.5. The molecule has 0 radical (unpaired) electrons. The molecule has 1 atom stereocenters. The molecular weight excluding hydrogens is 272 g/mol. The second-order valence-electron chi connectivity index (χ2n) is 5.49. The van der Waals surface area contributed by atoms with Crippen LogP contribution in [0.1, 0.15) is 19.3 Å². The highest BCUT2D eigenvalue weighted by Gasteiger charge is 2.33. The van der Waals surface area contributed by atoms with Gasteiger partial charge in [0.2, 0.25) is 6.10 Å². The summed E-state index contributed by atoms with van der Waals surface area (Å²) in [6.45, 7) is 0.641. The monoisotopic (exact) mass is 290 g/mol. The molecular formula is C15H18N2O4. The first-order valence-corrected chi connectivity index (χ1v) is 7.19. The van der Waals surface area contributed by atoms with E-state index in [2.05, 4.69) is 5.32 Å². The number of hydrogen-bond donors (Lipinski definition) is 2. The number of benzene rings is 1. The topological polar surface area (TPSA) is 78.9 Å². The number of rotatable bonds is 4. The number of ether oxygens (including phenoxy) is 1. The van der Waals surface area contributed by atoms with Crippen LogP contribution in [0.4, 0.5) is 10.5 Å². The van der Waals surface area contributed by atoms with Crippen LogP contribution in [0.3, 0.4) is 0 Å². The summed E-state index contributed by atoms with van der Waals surface area (Å²) in [6, 6.07) is 6.72. The van der Waals surface area contributed by atoms with Crippen LogP contribution in [0.5, 0.6) is 5.75 Å². The highest BCUT2D eigenvalue weighted by molar-refractivity contribution is 5.95. The maximum Gasteiger partial charge on any atom is 0.346 e. The number of fused-ring (bicyclic) bond motifs is 1. The molecule has 3 rings (SSSR count). The van der Waals surface area contributed by atoms with Crippen molar-refractivity contribution in [2.45, 2.75) is 25.4 Å². The third-order valence-corrected chi connectivity index (χ3v) is 3.82. The molecule has 0 saturated heterocycles. The molecule has 0 aromatic heterocycles. The molecule has 1 aliphatic heterocycles. The Labute approximate surface area is 122 Å². The zero-order valence-corrected chi connectivity index (χ0v) is 11.6. The van der Waals surface area contributed by atoms with Crippen LogP contribution in [-0.4, -0.2) is 36.3 Å². The Morgan fingerprint density at radius 2 is 2.10 bits per heavy atom. The fraction of sp³-hybridized carbons (Fsp3) is 0.467. The highest BCUT2D eigenvalue weighted by Crippen LogP contribution is 2.33. The first-order chi connectivity index (χ1) is 10.1. The molecule has 0 spiro atoms. The number of anilines is 1. The Balaban J connectivity index is 1.72. The molecule has 1 aromatic rings. The molecule has 1 fully saturated rings. The molecule has 1 heterocycles. The van der Waals surface area contributed by atoms with Crippen molar-refractivity contribution in [1.29, 1.82) is 0 Å². The number of aliphatic carboxylic acids is 1. The first-order valence-electron chi connectivity index (χ1n) is 7.19. The average Bonchev–Trinajstić information content (AvgIpc) is 3.30. The fourth-order valence-electron chi connectivity index (χ4n) is 2.44. The van der Waals surface area contributed by atoms with E-state index in [1.165, 1.54) is 17.7 Å². The molecule has 1 aliphatic carbocycles. The van der Waals surface area contributed by atoms with Gasteiger partial charge in [-0.1, -0.05) is 25.0 Å². The lowest BCUT2D eigenvalue weighted by Crippen LogP contribution is -2.50. The smallest absolute Gasteiger partial charge is 0.346 e. The lowest BCUT2D eigenvalue weighted by atomic mass is 10.2. The molecule has 0 bridgehead atoms. The van der Waals surface area contributed by atoms with Gasteiger partial charge in [0.1, 0.15) is 5.75 Å². The number of carbonyl (C=O) groups excluding carboxylic acids is 1. The SMILES string of the molecule is O=C(O)C1CN(C(=O)NCCC2CC2)c2ccccc2O1. The van der Waals surface area contributed by atoms with Crippen molar-refractivity contribution in [3.8, 4) is 5.75 Å². The van der Waals surface area contributed by atoms with Gasteiger partial charge in [0.25, 0.3) is 0 Å². The number of urea groups is 1. The third-order valence-electron chi connectivity index (χ3n) is 3.82. The molecule has 2 aliphatic rings. The van der Waals surface area contributed by atoms with E-state index in [4.69, 9.17) is 9.84 Å². The van der Waals surface area contributed by atoms with E-state index in [9.17, 15) is 9.59 Å². The lowest BCUT2D eigenvalue weighted by Gasteiger charge is -2.33. The Morgan fingerprint density at radius 3 is 2.81 bits per heavy atom. The van der Waals surface area contributed by atoms with E-state index in [1.54, 1.807) is 24.3 Å². The normalized spacial score (nSPS) is 20.4. The number of carboxylic acids is 1. The van der Waals surface area contributed by atoms with Crippen molar-refractivity contribution in [1.82, 2.24) is 5.32 Å². The molecule has 112 valence electrons. The van der Waals surface area contributed by atoms with Crippen LogP contribution in [-0.2, 0) is 4.79 Å². The zero-order chi connectivity index (χ0) is 14.8. The van der Waals surface area contributed by atoms with Gasteiger partial charge in [-0.3, -0.25) is 4.90 Å². The van der Waals surface area contributed by atoms with Crippen molar-refractivity contribution in [3.05, 3.63) is 24.3 Å². The zero-order valence-electron chi connectivity index (χ0n) is 11.6. The van der Waals surface area contributed by atoms with E-state index >= 15 is 0 Å². The summed E-state index contributed by atoms with van der Waals surface area (Å²) in [6.07, 6.45) is 2.45. The molecule has 1 saturated carbocycles. The number of para-hydroxylation sites is 2. The molecule has 1 unspecified atom stereocenters. The van der Waals surface area contributed by atoms with Gasteiger partial charge in [0.15, 0.2) is 0 Å². The van der Waals surface area contributed by atoms with Gasteiger partial charge in [-0.25, -0.2) is 9.59 Å². The number of carbonyl (C=O) groups is 2. The Bertz CT molecular complexity index is 556. The largest absolute Gasteiger partial charge is 0.478 e. The standard InChI is InChI=1S/C15H18N2O4/c18-14(19)13-9-17(11-3-1-2-4-12(11)21-13)15(20)16-8-7-10-5-6-10/h1-4,10,13H,5-9H2,(H,16,20)(H,18,19). The average molecular weight is 290 g/mol. The van der Waals surface area contributed by atoms with E-state index in [-0.39, 0.29) is 12.6 Å². The van der Waals surface area contributed by atoms with Crippen molar-refractivity contribution >= 4 is 17.7 Å². The number of nitrogens with zero attached hydrogens (tertiary/aromatic N) is 1. The van der Waals surface area contributed by atoms with Crippen LogP contribution in [0.25, 0.3) is 0 Å². The Hall–Kier alpha value is -2.24. The quantitative estimate of drug-likeness (QED) is 0.887. The van der Waals surface area contributed by atoms with Gasteiger partial charge in [0, 0.05) is 6.54 Å². The Kier molecular flexibility index (Phi) is 3.68. The second-order valence-corrected chi connectivity index (χ2v) is 5.49. The number of amides is 2. The number of hydrogen-bond acceptors (Lipinski definition) is 3. The van der Waals surface area contributed by atoms with E-state index in [0.29, 0.717) is 18.0 Å².